The number of benzene rings is 1. The van der Waals surface area contributed by atoms with Crippen molar-refractivity contribution in [3.63, 3.8) is 0 Å². The molecule has 0 fully saturated rings. The minimum absolute atomic E-state index is 0.119. The van der Waals surface area contributed by atoms with E-state index in [0.29, 0.717) is 5.75 Å². The Labute approximate surface area is 74.8 Å². The Morgan fingerprint density at radius 3 is 2.38 bits per heavy atom. The van der Waals surface area contributed by atoms with E-state index in [4.69, 9.17) is 9.84 Å². The monoisotopic (exact) mass is 184 g/mol. The molecule has 1 aromatic rings. The van der Waals surface area contributed by atoms with Crippen LogP contribution in [0.4, 0.5) is 4.39 Å². The number of hydrogen-bond acceptors (Lipinski definition) is 2. The molecule has 0 aliphatic rings. The van der Waals surface area contributed by atoms with Crippen LogP contribution in [0.25, 0.3) is 0 Å². The van der Waals surface area contributed by atoms with Crippen molar-refractivity contribution in [2.45, 2.75) is 6.17 Å². The van der Waals surface area contributed by atoms with Gasteiger partial charge in [0.05, 0.1) is 7.11 Å². The van der Waals surface area contributed by atoms with Crippen LogP contribution in [0.5, 0.6) is 5.75 Å². The SMILES string of the molecule is COc1ccc(C(F)C(=O)O)cc1. The smallest absolute Gasteiger partial charge is 0.343 e. The van der Waals surface area contributed by atoms with Crippen LogP contribution in [0, 0.1) is 0 Å². The van der Waals surface area contributed by atoms with Crippen molar-refractivity contribution >= 4 is 5.97 Å². The maximum absolute atomic E-state index is 12.9. The van der Waals surface area contributed by atoms with E-state index in [9.17, 15) is 9.18 Å². The summed E-state index contributed by atoms with van der Waals surface area (Å²) in [6.07, 6.45) is -1.97. The summed E-state index contributed by atoms with van der Waals surface area (Å²) in [5.74, 6) is -0.911. The van der Waals surface area contributed by atoms with E-state index in [0.717, 1.165) is 0 Å². The molecule has 0 radical (unpaired) electrons. The average molecular weight is 184 g/mol. The summed E-state index contributed by atoms with van der Waals surface area (Å²) in [7, 11) is 1.49. The van der Waals surface area contributed by atoms with Gasteiger partial charge in [-0.05, 0) is 17.7 Å². The Morgan fingerprint density at radius 1 is 1.46 bits per heavy atom. The normalized spacial score (nSPS) is 12.2. The highest BCUT2D eigenvalue weighted by Gasteiger charge is 2.17. The highest BCUT2D eigenvalue weighted by molar-refractivity contribution is 5.74. The first-order valence-corrected chi connectivity index (χ1v) is 3.66. The fourth-order valence-electron chi connectivity index (χ4n) is 0.915. The second-order valence-electron chi connectivity index (χ2n) is 2.47. The highest BCUT2D eigenvalue weighted by Crippen LogP contribution is 2.20. The molecule has 0 saturated carbocycles. The van der Waals surface area contributed by atoms with Gasteiger partial charge < -0.3 is 9.84 Å². The molecule has 1 rings (SSSR count). The molecule has 0 amide bonds. The quantitative estimate of drug-likeness (QED) is 0.778. The Bertz CT molecular complexity index is 294. The van der Waals surface area contributed by atoms with E-state index in [2.05, 4.69) is 0 Å². The molecule has 1 N–H and O–H groups in total. The lowest BCUT2D eigenvalue weighted by atomic mass is 10.1. The van der Waals surface area contributed by atoms with Gasteiger partial charge in [-0.3, -0.25) is 0 Å². The number of carbonyl (C=O) groups is 1. The summed E-state index contributed by atoms with van der Waals surface area (Å²) in [5, 5.41) is 8.36. The molecule has 13 heavy (non-hydrogen) atoms. The van der Waals surface area contributed by atoms with Crippen molar-refractivity contribution in [3.05, 3.63) is 29.8 Å². The molecule has 3 nitrogen and oxygen atoms in total. The number of methoxy groups -OCH3 is 1. The first kappa shape index (κ1) is 9.51. The minimum atomic E-state index is -1.97. The lowest BCUT2D eigenvalue weighted by molar-refractivity contribution is -0.143. The molecule has 0 heterocycles. The van der Waals surface area contributed by atoms with Crippen LogP contribution in [-0.2, 0) is 4.79 Å². The van der Waals surface area contributed by atoms with Gasteiger partial charge in [0.1, 0.15) is 5.75 Å². The summed E-state index contributed by atoms with van der Waals surface area (Å²) in [4.78, 5) is 10.2. The molecule has 1 unspecified atom stereocenters. The van der Waals surface area contributed by atoms with Crippen LogP contribution in [0.2, 0.25) is 0 Å². The van der Waals surface area contributed by atoms with E-state index in [-0.39, 0.29) is 5.56 Å². The van der Waals surface area contributed by atoms with E-state index in [1.165, 1.54) is 31.4 Å². The van der Waals surface area contributed by atoms with Crippen molar-refractivity contribution in [3.8, 4) is 5.75 Å². The van der Waals surface area contributed by atoms with E-state index >= 15 is 0 Å². The molecule has 0 aromatic heterocycles. The zero-order valence-electron chi connectivity index (χ0n) is 7.03. The van der Waals surface area contributed by atoms with Gasteiger partial charge in [-0.1, -0.05) is 12.1 Å². The highest BCUT2D eigenvalue weighted by atomic mass is 19.1. The van der Waals surface area contributed by atoms with E-state index in [1.807, 2.05) is 0 Å². The molecule has 0 bridgehead atoms. The molecule has 0 spiro atoms. The van der Waals surface area contributed by atoms with E-state index < -0.39 is 12.1 Å². The predicted octanol–water partition coefficient (Wildman–Crippen LogP) is 1.79. The van der Waals surface area contributed by atoms with Gasteiger partial charge in [0.2, 0.25) is 6.17 Å². The van der Waals surface area contributed by atoms with Crippen LogP contribution < -0.4 is 4.74 Å². The third kappa shape index (κ3) is 2.18. The molecular formula is C9H9FO3. The maximum Gasteiger partial charge on any atom is 0.343 e. The first-order chi connectivity index (χ1) is 6.15. The standard InChI is InChI=1S/C9H9FO3/c1-13-7-4-2-6(3-5-7)8(10)9(11)12/h2-5,8H,1H3,(H,11,12). The zero-order valence-corrected chi connectivity index (χ0v) is 7.03. The number of ether oxygens (including phenoxy) is 1. The topological polar surface area (TPSA) is 46.5 Å². The van der Waals surface area contributed by atoms with Crippen molar-refractivity contribution in [1.82, 2.24) is 0 Å². The van der Waals surface area contributed by atoms with Gasteiger partial charge in [0.15, 0.2) is 0 Å². The first-order valence-electron chi connectivity index (χ1n) is 3.66. The molecule has 70 valence electrons. The van der Waals surface area contributed by atoms with Crippen LogP contribution in [0.15, 0.2) is 24.3 Å². The van der Waals surface area contributed by atoms with Crippen LogP contribution in [0.1, 0.15) is 11.7 Å². The zero-order chi connectivity index (χ0) is 9.84. The van der Waals surface area contributed by atoms with Gasteiger partial charge in [-0.15, -0.1) is 0 Å². The number of halogens is 1. The molecule has 1 atom stereocenters. The summed E-state index contributed by atoms with van der Waals surface area (Å²) in [5.41, 5.74) is 0.119. The Morgan fingerprint density at radius 2 is 2.00 bits per heavy atom. The summed E-state index contributed by atoms with van der Waals surface area (Å²) >= 11 is 0. The summed E-state index contributed by atoms with van der Waals surface area (Å²) < 4.78 is 17.7. The van der Waals surface area contributed by atoms with Crippen LogP contribution >= 0.6 is 0 Å². The minimum Gasteiger partial charge on any atom is -0.497 e. The Hall–Kier alpha value is -1.58. The number of alkyl halides is 1. The molecular weight excluding hydrogens is 175 g/mol. The van der Waals surface area contributed by atoms with Gasteiger partial charge >= 0.3 is 5.97 Å². The third-order valence-corrected chi connectivity index (χ3v) is 1.63. The average Bonchev–Trinajstić information content (AvgIpc) is 2.17. The van der Waals surface area contributed by atoms with Gasteiger partial charge in [0.25, 0.3) is 0 Å². The third-order valence-electron chi connectivity index (χ3n) is 1.63. The Kier molecular flexibility index (Phi) is 2.84. The number of aliphatic carboxylic acids is 1. The van der Waals surface area contributed by atoms with Crippen molar-refractivity contribution in [2.24, 2.45) is 0 Å². The number of carboxylic acid groups (broad SMARTS) is 1. The van der Waals surface area contributed by atoms with Gasteiger partial charge in [0, 0.05) is 0 Å². The van der Waals surface area contributed by atoms with Crippen molar-refractivity contribution in [2.75, 3.05) is 7.11 Å². The van der Waals surface area contributed by atoms with Crippen molar-refractivity contribution in [1.29, 1.82) is 0 Å². The second kappa shape index (κ2) is 3.89. The summed E-state index contributed by atoms with van der Waals surface area (Å²) in [6, 6.07) is 5.81. The lowest BCUT2D eigenvalue weighted by Gasteiger charge is -2.04. The lowest BCUT2D eigenvalue weighted by Crippen LogP contribution is -2.05. The fraction of sp³-hybridized carbons (Fsp3) is 0.222. The van der Waals surface area contributed by atoms with E-state index in [1.54, 1.807) is 0 Å². The number of carboxylic acids is 1. The maximum atomic E-state index is 12.9. The predicted molar refractivity (Wildman–Crippen MR) is 44.5 cm³/mol. The molecule has 0 aliphatic carbocycles. The van der Waals surface area contributed by atoms with Crippen molar-refractivity contribution < 1.29 is 19.0 Å². The molecule has 4 heteroatoms. The van der Waals surface area contributed by atoms with Gasteiger partial charge in [-0.2, -0.15) is 0 Å². The molecule has 0 saturated heterocycles. The Balaban J connectivity index is 2.85. The molecule has 0 aliphatic heterocycles. The second-order valence-corrected chi connectivity index (χ2v) is 2.47. The van der Waals surface area contributed by atoms with Crippen LogP contribution in [-0.4, -0.2) is 18.2 Å². The van der Waals surface area contributed by atoms with Gasteiger partial charge in [-0.25, -0.2) is 9.18 Å². The van der Waals surface area contributed by atoms with Crippen LogP contribution in [0.3, 0.4) is 0 Å². The summed E-state index contributed by atoms with van der Waals surface area (Å²) in [6.45, 7) is 0. The number of hydrogen-bond donors (Lipinski definition) is 1. The largest absolute Gasteiger partial charge is 0.497 e. The fourth-order valence-corrected chi connectivity index (χ4v) is 0.915. The molecule has 1 aromatic carbocycles. The number of rotatable bonds is 3.